The molecule has 1 N–H and O–H groups in total. The maximum atomic E-state index is 12.3. The van der Waals surface area contributed by atoms with Gasteiger partial charge >= 0.3 is 0 Å². The van der Waals surface area contributed by atoms with E-state index in [1.165, 1.54) is 11.2 Å². The lowest BCUT2D eigenvalue weighted by Crippen LogP contribution is -2.54. The van der Waals surface area contributed by atoms with Crippen LogP contribution in [0.1, 0.15) is 17.5 Å². The Morgan fingerprint density at radius 2 is 1.92 bits per heavy atom. The zero-order valence-corrected chi connectivity index (χ0v) is 15.7. The minimum Gasteiger partial charge on any atom is -0.459 e. The Labute approximate surface area is 154 Å². The van der Waals surface area contributed by atoms with E-state index in [2.05, 4.69) is 21.8 Å². The molecule has 2 heterocycles. The van der Waals surface area contributed by atoms with Crippen LogP contribution in [-0.2, 0) is 4.79 Å². The topological polar surface area (TPSA) is 81.4 Å². The minimum atomic E-state index is -0.106. The van der Waals surface area contributed by atoms with Crippen LogP contribution >= 0.6 is 0 Å². The minimum absolute atomic E-state index is 0.0636. The van der Waals surface area contributed by atoms with Crippen molar-refractivity contribution in [2.75, 3.05) is 53.4 Å². The van der Waals surface area contributed by atoms with Gasteiger partial charge in [-0.05, 0) is 19.1 Å². The van der Waals surface area contributed by atoms with Gasteiger partial charge in [-0.25, -0.2) is 4.99 Å². The third-order valence-electron chi connectivity index (χ3n) is 4.01. The maximum absolute atomic E-state index is 12.3. The molecule has 1 aromatic heterocycles. The smallest absolute Gasteiger partial charge is 0.289 e. The number of piperazine rings is 1. The molecule has 1 aliphatic rings. The molecular formula is C18H27N5O3. The van der Waals surface area contributed by atoms with Crippen molar-refractivity contribution in [3.05, 3.63) is 36.3 Å². The van der Waals surface area contributed by atoms with E-state index in [4.69, 9.17) is 4.42 Å². The zero-order valence-electron chi connectivity index (χ0n) is 15.7. The van der Waals surface area contributed by atoms with Crippen molar-refractivity contribution >= 4 is 17.8 Å². The van der Waals surface area contributed by atoms with E-state index in [1.54, 1.807) is 31.1 Å². The van der Waals surface area contributed by atoms with Gasteiger partial charge in [-0.3, -0.25) is 9.59 Å². The highest BCUT2D eigenvalue weighted by molar-refractivity contribution is 5.91. The molecule has 0 aromatic carbocycles. The van der Waals surface area contributed by atoms with E-state index in [-0.39, 0.29) is 18.4 Å². The Morgan fingerprint density at radius 1 is 1.27 bits per heavy atom. The molecule has 0 atom stereocenters. The van der Waals surface area contributed by atoms with Crippen LogP contribution in [0.3, 0.4) is 0 Å². The largest absolute Gasteiger partial charge is 0.459 e. The molecule has 1 aliphatic heterocycles. The van der Waals surface area contributed by atoms with Crippen LogP contribution in [-0.4, -0.2) is 85.8 Å². The summed E-state index contributed by atoms with van der Waals surface area (Å²) in [7, 11) is 3.41. The van der Waals surface area contributed by atoms with Gasteiger partial charge in [0, 0.05) is 46.8 Å². The highest BCUT2D eigenvalue weighted by Gasteiger charge is 2.25. The molecule has 0 aliphatic carbocycles. The van der Waals surface area contributed by atoms with E-state index in [9.17, 15) is 9.59 Å². The molecule has 26 heavy (non-hydrogen) atoms. The quantitative estimate of drug-likeness (QED) is 0.473. The van der Waals surface area contributed by atoms with Gasteiger partial charge in [0.05, 0.1) is 6.26 Å². The second kappa shape index (κ2) is 9.07. The molecule has 142 valence electrons. The number of hydrogen-bond donors (Lipinski definition) is 1. The van der Waals surface area contributed by atoms with Crippen molar-refractivity contribution in [3.63, 3.8) is 0 Å². The van der Waals surface area contributed by atoms with Gasteiger partial charge in [0.2, 0.25) is 5.91 Å². The molecule has 1 saturated heterocycles. The fourth-order valence-corrected chi connectivity index (χ4v) is 2.46. The number of guanidine groups is 1. The lowest BCUT2D eigenvalue weighted by Gasteiger charge is -2.36. The van der Waals surface area contributed by atoms with Crippen LogP contribution in [0.25, 0.3) is 0 Å². The van der Waals surface area contributed by atoms with Gasteiger partial charge in [-0.15, -0.1) is 0 Å². The highest BCUT2D eigenvalue weighted by Crippen LogP contribution is 2.09. The summed E-state index contributed by atoms with van der Waals surface area (Å²) in [6.07, 6.45) is 1.50. The summed E-state index contributed by atoms with van der Waals surface area (Å²) in [5, 5.41) is 3.24. The standard InChI is InChI=1S/C18H27N5O3/c1-14(2)12-19-18(20-13-16(24)21(3)4)23-9-7-22(8-10-23)17(25)15-6-5-11-26-15/h5-6,11H,1,7-10,12-13H2,2-4H3,(H,19,20). The molecule has 0 radical (unpaired) electrons. The van der Waals surface area contributed by atoms with Crippen molar-refractivity contribution in [2.45, 2.75) is 6.92 Å². The molecule has 8 nitrogen and oxygen atoms in total. The highest BCUT2D eigenvalue weighted by atomic mass is 16.3. The van der Waals surface area contributed by atoms with E-state index in [0.29, 0.717) is 44.4 Å². The van der Waals surface area contributed by atoms with Crippen molar-refractivity contribution in [1.29, 1.82) is 0 Å². The molecule has 0 saturated carbocycles. The molecule has 2 rings (SSSR count). The van der Waals surface area contributed by atoms with Crippen LogP contribution in [0.2, 0.25) is 0 Å². The summed E-state index contributed by atoms with van der Waals surface area (Å²) in [5.41, 5.74) is 0.975. The van der Waals surface area contributed by atoms with Gasteiger partial charge in [0.25, 0.3) is 5.91 Å². The summed E-state index contributed by atoms with van der Waals surface area (Å²) in [6, 6.07) is 3.38. The summed E-state index contributed by atoms with van der Waals surface area (Å²) in [6.45, 7) is 8.86. The number of rotatable bonds is 5. The SMILES string of the molecule is C=C(C)CNC(=NCC(=O)N(C)C)N1CCN(C(=O)c2ccco2)CC1. The number of nitrogens with one attached hydrogen (secondary N) is 1. The first-order valence-corrected chi connectivity index (χ1v) is 8.59. The van der Waals surface area contributed by atoms with Crippen LogP contribution in [0.5, 0.6) is 0 Å². The molecule has 0 spiro atoms. The molecule has 1 fully saturated rings. The summed E-state index contributed by atoms with van der Waals surface area (Å²) >= 11 is 0. The van der Waals surface area contributed by atoms with Crippen molar-refractivity contribution in [1.82, 2.24) is 20.0 Å². The Hall–Kier alpha value is -2.77. The number of aliphatic imine (C=N–C) groups is 1. The molecule has 0 unspecified atom stereocenters. The predicted molar refractivity (Wildman–Crippen MR) is 100.0 cm³/mol. The average molecular weight is 361 g/mol. The lowest BCUT2D eigenvalue weighted by atomic mass is 10.3. The molecule has 1 aromatic rings. The third-order valence-corrected chi connectivity index (χ3v) is 4.01. The normalized spacial score (nSPS) is 15.0. The van der Waals surface area contributed by atoms with Gasteiger partial charge < -0.3 is 24.4 Å². The molecule has 0 bridgehead atoms. The number of hydrogen-bond acceptors (Lipinski definition) is 4. The second-order valence-electron chi connectivity index (χ2n) is 6.50. The first-order valence-electron chi connectivity index (χ1n) is 8.59. The Morgan fingerprint density at radius 3 is 2.46 bits per heavy atom. The number of amides is 2. The maximum Gasteiger partial charge on any atom is 0.289 e. The Kier molecular flexibility index (Phi) is 6.82. The zero-order chi connectivity index (χ0) is 19.1. The van der Waals surface area contributed by atoms with Gasteiger partial charge in [0.15, 0.2) is 11.7 Å². The first-order chi connectivity index (χ1) is 12.4. The van der Waals surface area contributed by atoms with E-state index in [1.807, 2.05) is 6.92 Å². The van der Waals surface area contributed by atoms with Crippen molar-refractivity contribution in [3.8, 4) is 0 Å². The third kappa shape index (κ3) is 5.37. The monoisotopic (exact) mass is 361 g/mol. The fraction of sp³-hybridized carbons (Fsp3) is 0.500. The number of furan rings is 1. The van der Waals surface area contributed by atoms with E-state index < -0.39 is 0 Å². The fourth-order valence-electron chi connectivity index (χ4n) is 2.46. The molecular weight excluding hydrogens is 334 g/mol. The van der Waals surface area contributed by atoms with Crippen LogP contribution < -0.4 is 5.32 Å². The number of carbonyl (C=O) groups is 2. The second-order valence-corrected chi connectivity index (χ2v) is 6.50. The predicted octanol–water partition coefficient (Wildman–Crippen LogP) is 0.647. The Balaban J connectivity index is 1.98. The van der Waals surface area contributed by atoms with Gasteiger partial charge in [0.1, 0.15) is 6.54 Å². The summed E-state index contributed by atoms with van der Waals surface area (Å²) < 4.78 is 5.18. The lowest BCUT2D eigenvalue weighted by molar-refractivity contribution is -0.127. The van der Waals surface area contributed by atoms with E-state index in [0.717, 1.165) is 5.57 Å². The van der Waals surface area contributed by atoms with Gasteiger partial charge in [-0.2, -0.15) is 0 Å². The van der Waals surface area contributed by atoms with Gasteiger partial charge in [-0.1, -0.05) is 12.2 Å². The van der Waals surface area contributed by atoms with Crippen molar-refractivity contribution in [2.24, 2.45) is 4.99 Å². The van der Waals surface area contributed by atoms with Crippen LogP contribution in [0, 0.1) is 0 Å². The van der Waals surface area contributed by atoms with Crippen molar-refractivity contribution < 1.29 is 14.0 Å². The Bertz CT molecular complexity index is 658. The summed E-state index contributed by atoms with van der Waals surface area (Å²) in [5.74, 6) is 0.842. The first kappa shape index (κ1) is 19.6. The number of likely N-dealkylation sites (N-methyl/N-ethyl adjacent to an activating group) is 1. The number of carbonyl (C=O) groups excluding carboxylic acids is 2. The average Bonchev–Trinajstić information content (AvgIpc) is 3.15. The molecule has 2 amide bonds. The number of nitrogens with zero attached hydrogens (tertiary/aromatic N) is 4. The summed E-state index contributed by atoms with van der Waals surface area (Å²) in [4.78, 5) is 33.9. The van der Waals surface area contributed by atoms with E-state index >= 15 is 0 Å². The van der Waals surface area contributed by atoms with Crippen LogP contribution in [0.4, 0.5) is 0 Å². The van der Waals surface area contributed by atoms with Crippen LogP contribution in [0.15, 0.2) is 40.0 Å². The molecule has 8 heteroatoms.